The normalized spacial score (nSPS) is 18.3. The fraction of sp³-hybridized carbons (Fsp3) is 0.455. The van der Waals surface area contributed by atoms with E-state index >= 15 is 0 Å². The fourth-order valence-electron chi connectivity index (χ4n) is 4.51. The van der Waals surface area contributed by atoms with Crippen LogP contribution in [0.1, 0.15) is 32.1 Å². The monoisotopic (exact) mass is 390 g/mol. The Morgan fingerprint density at radius 3 is 2.52 bits per heavy atom. The van der Waals surface area contributed by atoms with Crippen molar-refractivity contribution in [3.63, 3.8) is 0 Å². The van der Waals surface area contributed by atoms with Gasteiger partial charge in [-0.15, -0.1) is 15.3 Å². The molecule has 1 aliphatic carbocycles. The number of fused-ring (bicyclic) bond motifs is 1. The summed E-state index contributed by atoms with van der Waals surface area (Å²) in [5.41, 5.74) is 1.73. The van der Waals surface area contributed by atoms with Crippen molar-refractivity contribution in [1.82, 2.24) is 24.7 Å². The van der Waals surface area contributed by atoms with E-state index in [4.69, 9.17) is 5.10 Å². The van der Waals surface area contributed by atoms with Gasteiger partial charge >= 0.3 is 0 Å². The highest BCUT2D eigenvalue weighted by molar-refractivity contribution is 5.79. The van der Waals surface area contributed by atoms with Gasteiger partial charge in [-0.25, -0.2) is 0 Å². The number of carbonyl (C=O) groups excluding carboxylic acids is 1. The number of benzene rings is 1. The van der Waals surface area contributed by atoms with E-state index in [1.54, 1.807) is 0 Å². The third kappa shape index (κ3) is 3.57. The van der Waals surface area contributed by atoms with Crippen LogP contribution in [0, 0.1) is 5.92 Å². The Kier molecular flexibility index (Phi) is 4.87. The van der Waals surface area contributed by atoms with Crippen molar-refractivity contribution in [2.45, 2.75) is 32.1 Å². The lowest BCUT2D eigenvalue weighted by Gasteiger charge is -2.24. The van der Waals surface area contributed by atoms with Gasteiger partial charge in [-0.05, 0) is 31.4 Å². The summed E-state index contributed by atoms with van der Waals surface area (Å²) in [7, 11) is 0. The molecular weight excluding hydrogens is 364 g/mol. The maximum absolute atomic E-state index is 12.8. The Morgan fingerprint density at radius 1 is 0.862 bits per heavy atom. The molecule has 3 heterocycles. The molecule has 1 aliphatic heterocycles. The van der Waals surface area contributed by atoms with Crippen molar-refractivity contribution in [1.29, 1.82) is 0 Å². The lowest BCUT2D eigenvalue weighted by Crippen LogP contribution is -2.38. The largest absolute Gasteiger partial charge is 0.353 e. The molecule has 0 radical (unpaired) electrons. The van der Waals surface area contributed by atoms with Gasteiger partial charge in [0.15, 0.2) is 11.5 Å². The van der Waals surface area contributed by atoms with Gasteiger partial charge in [-0.2, -0.15) is 4.52 Å². The first-order valence-electron chi connectivity index (χ1n) is 10.6. The Labute approximate surface area is 170 Å². The summed E-state index contributed by atoms with van der Waals surface area (Å²) in [6.45, 7) is 3.31. The van der Waals surface area contributed by atoms with Gasteiger partial charge in [-0.3, -0.25) is 4.79 Å². The van der Waals surface area contributed by atoms with Gasteiger partial charge in [0.1, 0.15) is 5.82 Å². The van der Waals surface area contributed by atoms with E-state index < -0.39 is 0 Å². The maximum atomic E-state index is 12.8. The van der Waals surface area contributed by atoms with Gasteiger partial charge in [0, 0.05) is 37.7 Å². The van der Waals surface area contributed by atoms with Crippen LogP contribution in [0.25, 0.3) is 17.0 Å². The fourth-order valence-corrected chi connectivity index (χ4v) is 4.51. The minimum absolute atomic E-state index is 0.251. The molecule has 1 saturated heterocycles. The molecule has 1 aromatic carbocycles. The zero-order chi connectivity index (χ0) is 19.6. The number of rotatable bonds is 3. The average Bonchev–Trinajstić information content (AvgIpc) is 3.38. The van der Waals surface area contributed by atoms with E-state index in [0.29, 0.717) is 5.91 Å². The van der Waals surface area contributed by atoms with Crippen molar-refractivity contribution >= 4 is 17.4 Å². The first-order valence-corrected chi connectivity index (χ1v) is 10.6. The first kappa shape index (κ1) is 18.1. The quantitative estimate of drug-likeness (QED) is 0.688. The van der Waals surface area contributed by atoms with Gasteiger partial charge in [0.2, 0.25) is 5.91 Å². The zero-order valence-corrected chi connectivity index (χ0v) is 16.6. The highest BCUT2D eigenvalue weighted by atomic mass is 16.2. The van der Waals surface area contributed by atoms with Crippen LogP contribution >= 0.6 is 0 Å². The van der Waals surface area contributed by atoms with E-state index in [0.717, 1.165) is 68.3 Å². The minimum Gasteiger partial charge on any atom is -0.353 e. The highest BCUT2D eigenvalue weighted by Crippen LogP contribution is 2.27. The van der Waals surface area contributed by atoms with E-state index in [-0.39, 0.29) is 5.92 Å². The summed E-state index contributed by atoms with van der Waals surface area (Å²) < 4.78 is 1.82. The van der Waals surface area contributed by atoms with Crippen molar-refractivity contribution < 1.29 is 4.79 Å². The van der Waals surface area contributed by atoms with E-state index in [2.05, 4.69) is 20.0 Å². The second-order valence-corrected chi connectivity index (χ2v) is 8.00. The van der Waals surface area contributed by atoms with Crippen LogP contribution < -0.4 is 4.90 Å². The summed E-state index contributed by atoms with van der Waals surface area (Å²) in [6, 6.07) is 14.0. The second-order valence-electron chi connectivity index (χ2n) is 8.00. The highest BCUT2D eigenvalue weighted by Gasteiger charge is 2.28. The summed E-state index contributed by atoms with van der Waals surface area (Å²) in [6.07, 6.45) is 5.48. The van der Waals surface area contributed by atoms with Crippen LogP contribution in [0.3, 0.4) is 0 Å². The number of hydrogen-bond donors (Lipinski definition) is 0. The molecule has 7 heteroatoms. The third-order valence-electron chi connectivity index (χ3n) is 6.12. The van der Waals surface area contributed by atoms with Crippen LogP contribution in [0.4, 0.5) is 5.82 Å². The van der Waals surface area contributed by atoms with Crippen LogP contribution in [0.5, 0.6) is 0 Å². The van der Waals surface area contributed by atoms with Crippen molar-refractivity contribution in [3.05, 3.63) is 42.5 Å². The summed E-state index contributed by atoms with van der Waals surface area (Å²) in [5.74, 6) is 2.26. The molecule has 0 bridgehead atoms. The van der Waals surface area contributed by atoms with Crippen molar-refractivity contribution in [3.8, 4) is 11.4 Å². The summed E-state index contributed by atoms with van der Waals surface area (Å²) in [5, 5.41) is 13.4. The standard InChI is InChI=1S/C22H26N6O/c29-22(18-9-4-5-10-18)27-14-6-13-26(15-16-27)20-12-11-19-23-24-21(28(19)25-20)17-7-2-1-3-8-17/h1-3,7-8,11-12,18H,4-6,9-10,13-16H2. The molecule has 5 rings (SSSR count). The second kappa shape index (κ2) is 7.81. The number of carbonyl (C=O) groups is 1. The number of aromatic nitrogens is 4. The molecule has 0 atom stereocenters. The molecular formula is C22H26N6O. The number of anilines is 1. The van der Waals surface area contributed by atoms with Gasteiger partial charge < -0.3 is 9.80 Å². The smallest absolute Gasteiger partial charge is 0.225 e. The topological polar surface area (TPSA) is 66.6 Å². The SMILES string of the molecule is O=C(C1CCCC1)N1CCCN(c2ccc3nnc(-c4ccccc4)n3n2)CC1. The number of hydrogen-bond acceptors (Lipinski definition) is 5. The average molecular weight is 390 g/mol. The van der Waals surface area contributed by atoms with Crippen molar-refractivity contribution in [2.75, 3.05) is 31.1 Å². The molecule has 1 saturated carbocycles. The predicted octanol–water partition coefficient (Wildman–Crippen LogP) is 3.02. The summed E-state index contributed by atoms with van der Waals surface area (Å²) in [4.78, 5) is 17.2. The van der Waals surface area contributed by atoms with E-state index in [9.17, 15) is 4.79 Å². The molecule has 2 aliphatic rings. The van der Waals surface area contributed by atoms with Crippen LogP contribution in [0.15, 0.2) is 42.5 Å². The van der Waals surface area contributed by atoms with E-state index in [1.807, 2.05) is 47.0 Å². The third-order valence-corrected chi connectivity index (χ3v) is 6.12. The lowest BCUT2D eigenvalue weighted by atomic mass is 10.1. The molecule has 2 aromatic heterocycles. The minimum atomic E-state index is 0.251. The summed E-state index contributed by atoms with van der Waals surface area (Å²) >= 11 is 0. The van der Waals surface area contributed by atoms with Gasteiger partial charge in [0.05, 0.1) is 0 Å². The molecule has 2 fully saturated rings. The Hall–Kier alpha value is -2.96. The molecule has 0 spiro atoms. The molecule has 1 amide bonds. The van der Waals surface area contributed by atoms with Crippen LogP contribution in [-0.4, -0.2) is 56.8 Å². The molecule has 0 N–H and O–H groups in total. The predicted molar refractivity (Wildman–Crippen MR) is 112 cm³/mol. The Morgan fingerprint density at radius 2 is 1.69 bits per heavy atom. The Balaban J connectivity index is 1.36. The molecule has 7 nitrogen and oxygen atoms in total. The molecule has 150 valence electrons. The number of amides is 1. The van der Waals surface area contributed by atoms with Crippen LogP contribution in [-0.2, 0) is 4.79 Å². The molecule has 29 heavy (non-hydrogen) atoms. The maximum Gasteiger partial charge on any atom is 0.225 e. The van der Waals surface area contributed by atoms with E-state index in [1.165, 1.54) is 12.8 Å². The van der Waals surface area contributed by atoms with Gasteiger partial charge in [0.25, 0.3) is 0 Å². The first-order chi connectivity index (χ1) is 14.3. The van der Waals surface area contributed by atoms with Crippen molar-refractivity contribution in [2.24, 2.45) is 5.92 Å². The van der Waals surface area contributed by atoms with Gasteiger partial charge in [-0.1, -0.05) is 43.2 Å². The molecule has 3 aromatic rings. The Bertz CT molecular complexity index is 995. The zero-order valence-electron chi connectivity index (χ0n) is 16.6. The number of nitrogens with zero attached hydrogens (tertiary/aromatic N) is 6. The van der Waals surface area contributed by atoms with Crippen LogP contribution in [0.2, 0.25) is 0 Å². The molecule has 0 unspecified atom stereocenters. The lowest BCUT2D eigenvalue weighted by molar-refractivity contribution is -0.135.